The molecule has 0 unspecified atom stereocenters. The zero-order valence-corrected chi connectivity index (χ0v) is 15.9. The number of methoxy groups -OCH3 is 1. The van der Waals surface area contributed by atoms with Gasteiger partial charge in [-0.3, -0.25) is 4.79 Å². The van der Waals surface area contributed by atoms with Crippen molar-refractivity contribution in [2.45, 2.75) is 31.4 Å². The summed E-state index contributed by atoms with van der Waals surface area (Å²) >= 11 is 0. The second-order valence-corrected chi connectivity index (χ2v) is 6.90. The minimum absolute atomic E-state index is 0.131. The number of hydrogen-bond acceptors (Lipinski definition) is 6. The van der Waals surface area contributed by atoms with Crippen LogP contribution in [-0.2, 0) is 22.3 Å². The Balaban J connectivity index is 1.54. The first-order valence-electron chi connectivity index (χ1n) is 9.02. The van der Waals surface area contributed by atoms with Gasteiger partial charge in [0, 0.05) is 23.1 Å². The van der Waals surface area contributed by atoms with Gasteiger partial charge in [0.15, 0.2) is 11.5 Å². The lowest BCUT2D eigenvalue weighted by Gasteiger charge is -2.13. The van der Waals surface area contributed by atoms with Crippen molar-refractivity contribution < 1.29 is 50.4 Å². The van der Waals surface area contributed by atoms with Gasteiger partial charge in [-0.05, 0) is 18.2 Å². The number of halogens is 5. The standard InChI is InChI=1S/C20H15F5O6/c1-27-17(26)5-10-8-29-15-7-13(2-3-14(10)15)28-9-11-4-12(19(21,22)23)6-16-18(11)31-20(24,25)30-16/h2-4,6-7,10H,5,8-9H2,1H3/t10-/m1/s1. The SMILES string of the molecule is COC(=O)C[C@@H]1COc2cc(OCc3cc(C(F)(F)F)cc4c3OC(F)(F)O4)ccc21. The molecule has 1 atom stereocenters. The van der Waals surface area contributed by atoms with Crippen LogP contribution in [0.25, 0.3) is 0 Å². The summed E-state index contributed by atoms with van der Waals surface area (Å²) in [5.41, 5.74) is -0.671. The second kappa shape index (κ2) is 7.47. The van der Waals surface area contributed by atoms with Gasteiger partial charge in [0.05, 0.1) is 25.7 Å². The maximum atomic E-state index is 13.4. The monoisotopic (exact) mass is 446 g/mol. The third-order valence-electron chi connectivity index (χ3n) is 4.81. The van der Waals surface area contributed by atoms with Gasteiger partial charge < -0.3 is 23.7 Å². The van der Waals surface area contributed by atoms with E-state index >= 15 is 0 Å². The number of ether oxygens (including phenoxy) is 5. The Bertz CT molecular complexity index is 1020. The van der Waals surface area contributed by atoms with E-state index in [2.05, 4.69) is 14.2 Å². The highest BCUT2D eigenvalue weighted by Crippen LogP contribution is 2.47. The molecule has 0 aromatic heterocycles. The van der Waals surface area contributed by atoms with E-state index in [0.717, 1.165) is 5.56 Å². The molecule has 0 saturated heterocycles. The lowest BCUT2D eigenvalue weighted by Crippen LogP contribution is -2.26. The van der Waals surface area contributed by atoms with E-state index in [9.17, 15) is 26.7 Å². The average molecular weight is 446 g/mol. The van der Waals surface area contributed by atoms with Gasteiger partial charge in [-0.15, -0.1) is 8.78 Å². The zero-order valence-electron chi connectivity index (χ0n) is 15.9. The lowest BCUT2D eigenvalue weighted by molar-refractivity contribution is -0.287. The average Bonchev–Trinajstić information content (AvgIpc) is 3.23. The fourth-order valence-electron chi connectivity index (χ4n) is 3.35. The van der Waals surface area contributed by atoms with E-state index < -0.39 is 36.1 Å². The van der Waals surface area contributed by atoms with Gasteiger partial charge in [0.25, 0.3) is 0 Å². The molecule has 0 amide bonds. The summed E-state index contributed by atoms with van der Waals surface area (Å²) in [5.74, 6) is -1.15. The Morgan fingerprint density at radius 1 is 1.16 bits per heavy atom. The van der Waals surface area contributed by atoms with E-state index in [1.165, 1.54) is 19.2 Å². The van der Waals surface area contributed by atoms with Gasteiger partial charge in [0.1, 0.15) is 18.1 Å². The van der Waals surface area contributed by atoms with Crippen LogP contribution < -0.4 is 18.9 Å². The van der Waals surface area contributed by atoms with Crippen molar-refractivity contribution in [3.05, 3.63) is 47.0 Å². The molecule has 2 aliphatic rings. The van der Waals surface area contributed by atoms with Crippen LogP contribution >= 0.6 is 0 Å². The molecule has 0 saturated carbocycles. The highest BCUT2D eigenvalue weighted by Gasteiger charge is 2.46. The molecule has 0 spiro atoms. The van der Waals surface area contributed by atoms with Crippen molar-refractivity contribution in [3.8, 4) is 23.0 Å². The molecular weight excluding hydrogens is 431 g/mol. The highest BCUT2D eigenvalue weighted by molar-refractivity contribution is 5.71. The van der Waals surface area contributed by atoms with Crippen molar-refractivity contribution >= 4 is 5.97 Å². The van der Waals surface area contributed by atoms with Crippen LogP contribution in [0.1, 0.15) is 29.0 Å². The van der Waals surface area contributed by atoms with Crippen LogP contribution in [0.2, 0.25) is 0 Å². The summed E-state index contributed by atoms with van der Waals surface area (Å²) in [4.78, 5) is 11.5. The van der Waals surface area contributed by atoms with Crippen LogP contribution in [0.3, 0.4) is 0 Å². The van der Waals surface area contributed by atoms with E-state index in [1.807, 2.05) is 0 Å². The Morgan fingerprint density at radius 3 is 2.65 bits per heavy atom. The molecule has 0 N–H and O–H groups in total. The van der Waals surface area contributed by atoms with Gasteiger partial charge in [0.2, 0.25) is 0 Å². The first-order chi connectivity index (χ1) is 14.6. The normalized spacial score (nSPS) is 18.3. The summed E-state index contributed by atoms with van der Waals surface area (Å²) < 4.78 is 90.3. The molecule has 2 heterocycles. The highest BCUT2D eigenvalue weighted by atomic mass is 19.4. The predicted octanol–water partition coefficient (Wildman–Crippen LogP) is 4.65. The molecule has 11 heteroatoms. The minimum atomic E-state index is -4.78. The van der Waals surface area contributed by atoms with Crippen molar-refractivity contribution in [2.75, 3.05) is 13.7 Å². The third kappa shape index (κ3) is 4.30. The first kappa shape index (κ1) is 21.0. The van der Waals surface area contributed by atoms with Gasteiger partial charge in [-0.2, -0.15) is 13.2 Å². The summed E-state index contributed by atoms with van der Waals surface area (Å²) in [7, 11) is 1.28. The molecule has 2 aromatic carbocycles. The fourth-order valence-corrected chi connectivity index (χ4v) is 3.35. The number of benzene rings is 2. The predicted molar refractivity (Wildman–Crippen MR) is 93.3 cm³/mol. The number of fused-ring (bicyclic) bond motifs is 2. The van der Waals surface area contributed by atoms with Crippen molar-refractivity contribution in [2.24, 2.45) is 0 Å². The summed E-state index contributed by atoms with van der Waals surface area (Å²) in [6, 6.07) is 5.82. The molecule has 2 aromatic rings. The smallest absolute Gasteiger partial charge is 0.492 e. The summed E-state index contributed by atoms with van der Waals surface area (Å²) in [6.07, 6.45) is -8.72. The van der Waals surface area contributed by atoms with Crippen molar-refractivity contribution in [1.29, 1.82) is 0 Å². The van der Waals surface area contributed by atoms with E-state index in [4.69, 9.17) is 9.47 Å². The Labute approximate surface area is 172 Å². The van der Waals surface area contributed by atoms with Crippen LogP contribution in [0.15, 0.2) is 30.3 Å². The van der Waals surface area contributed by atoms with Gasteiger partial charge in [-0.1, -0.05) is 6.07 Å². The topological polar surface area (TPSA) is 63.2 Å². The second-order valence-electron chi connectivity index (χ2n) is 6.90. The van der Waals surface area contributed by atoms with Crippen molar-refractivity contribution in [3.63, 3.8) is 0 Å². The number of carbonyl (C=O) groups excluding carboxylic acids is 1. The molecule has 0 fully saturated rings. The minimum Gasteiger partial charge on any atom is -0.492 e. The first-order valence-corrected chi connectivity index (χ1v) is 9.02. The Morgan fingerprint density at radius 2 is 1.94 bits per heavy atom. The molecule has 0 aliphatic carbocycles. The largest absolute Gasteiger partial charge is 0.586 e. The molecule has 0 radical (unpaired) electrons. The van der Waals surface area contributed by atoms with Crippen LogP contribution in [-0.4, -0.2) is 26.0 Å². The number of rotatable bonds is 5. The molecule has 31 heavy (non-hydrogen) atoms. The number of alkyl halides is 5. The Hall–Kier alpha value is -3.24. The quantitative estimate of drug-likeness (QED) is 0.493. The van der Waals surface area contributed by atoms with E-state index in [-0.39, 0.29) is 36.2 Å². The summed E-state index contributed by atoms with van der Waals surface area (Å²) in [5, 5.41) is 0. The molecular formula is C20H15F5O6. The number of esters is 1. The molecule has 6 nitrogen and oxygen atoms in total. The number of hydrogen-bond donors (Lipinski definition) is 0. The van der Waals surface area contributed by atoms with Crippen LogP contribution in [0.4, 0.5) is 22.0 Å². The Kier molecular flexibility index (Phi) is 5.06. The lowest BCUT2D eigenvalue weighted by atomic mass is 9.98. The van der Waals surface area contributed by atoms with Crippen molar-refractivity contribution in [1.82, 2.24) is 0 Å². The molecule has 0 bridgehead atoms. The van der Waals surface area contributed by atoms with Gasteiger partial charge in [-0.25, -0.2) is 0 Å². The van der Waals surface area contributed by atoms with Crippen LogP contribution in [0.5, 0.6) is 23.0 Å². The molecule has 4 rings (SSSR count). The zero-order chi connectivity index (χ0) is 22.4. The molecule has 2 aliphatic heterocycles. The third-order valence-corrected chi connectivity index (χ3v) is 4.81. The molecule has 166 valence electrons. The van der Waals surface area contributed by atoms with Gasteiger partial charge >= 0.3 is 18.4 Å². The number of carbonyl (C=O) groups is 1. The van der Waals surface area contributed by atoms with E-state index in [1.54, 1.807) is 6.07 Å². The van der Waals surface area contributed by atoms with E-state index in [0.29, 0.717) is 17.9 Å². The summed E-state index contributed by atoms with van der Waals surface area (Å²) in [6.45, 7) is -0.231. The van der Waals surface area contributed by atoms with Crippen LogP contribution in [0, 0.1) is 0 Å². The fraction of sp³-hybridized carbons (Fsp3) is 0.350. The maximum absolute atomic E-state index is 13.4. The maximum Gasteiger partial charge on any atom is 0.586 e.